The molecule has 0 unspecified atom stereocenters. The van der Waals surface area contributed by atoms with Crippen LogP contribution < -0.4 is 10.6 Å². The summed E-state index contributed by atoms with van der Waals surface area (Å²) in [6, 6.07) is 17.6. The second kappa shape index (κ2) is 8.90. The number of carbonyl (C=O) groups excluding carboxylic acids is 2. The Morgan fingerprint density at radius 3 is 2.26 bits per heavy atom. The van der Waals surface area contributed by atoms with Crippen LogP contribution in [-0.4, -0.2) is 45.0 Å². The van der Waals surface area contributed by atoms with E-state index in [2.05, 4.69) is 40.0 Å². The number of benzene rings is 2. The second-order valence-electron chi connectivity index (χ2n) is 9.02. The molecule has 2 aliphatic carbocycles. The Morgan fingerprint density at radius 2 is 1.71 bits per heavy atom. The van der Waals surface area contributed by atoms with Gasteiger partial charge in [0.05, 0.1) is 12.2 Å². The fourth-order valence-corrected chi connectivity index (χ4v) is 4.92. The molecule has 0 bridgehead atoms. The first-order valence-electron chi connectivity index (χ1n) is 11.6. The third kappa shape index (κ3) is 4.14. The molecule has 0 aliphatic heterocycles. The molecule has 0 saturated heterocycles. The van der Waals surface area contributed by atoms with Crippen LogP contribution in [0.15, 0.2) is 54.6 Å². The molecular formula is C26H26N4O5. The topological polar surface area (TPSA) is 123 Å². The summed E-state index contributed by atoms with van der Waals surface area (Å²) in [5, 5.41) is 18.8. The molecule has 0 atom stereocenters. The Labute approximate surface area is 202 Å². The third-order valence-corrected chi connectivity index (χ3v) is 6.91. The largest absolute Gasteiger partial charge is 0.477 e. The van der Waals surface area contributed by atoms with Crippen molar-refractivity contribution in [3.05, 3.63) is 77.1 Å². The van der Waals surface area contributed by atoms with Gasteiger partial charge in [0.25, 0.3) is 0 Å². The maximum absolute atomic E-state index is 12.9. The standard InChI is InChI=1S/C26H26N4O5/c1-30-22(23(31)32)13-16(29-30)14-27-24(33)26(11-6-12-26)28-25(34)35-15-21-19-9-4-2-7-17(19)18-8-3-5-10-20(18)21/h2-5,7-10,13,21H,6,11-12,14-15H2,1H3,(H,27,33)(H,28,34)(H,31,32). The van der Waals surface area contributed by atoms with Crippen LogP contribution in [0.5, 0.6) is 0 Å². The Kier molecular flexibility index (Phi) is 5.76. The van der Waals surface area contributed by atoms with Crippen LogP contribution in [0, 0.1) is 0 Å². The average molecular weight is 475 g/mol. The third-order valence-electron chi connectivity index (χ3n) is 6.91. The Balaban J connectivity index is 1.21. The predicted octanol–water partition coefficient (Wildman–Crippen LogP) is 3.20. The van der Waals surface area contributed by atoms with Gasteiger partial charge in [0, 0.05) is 13.0 Å². The summed E-state index contributed by atoms with van der Waals surface area (Å²) in [5.41, 5.74) is 3.95. The number of aromatic carboxylic acids is 1. The average Bonchev–Trinajstić information content (AvgIpc) is 3.36. The molecular weight excluding hydrogens is 448 g/mol. The molecule has 1 fully saturated rings. The van der Waals surface area contributed by atoms with Crippen molar-refractivity contribution in [2.45, 2.75) is 37.3 Å². The van der Waals surface area contributed by atoms with E-state index in [0.717, 1.165) is 28.7 Å². The fraction of sp³-hybridized carbons (Fsp3) is 0.308. The van der Waals surface area contributed by atoms with E-state index >= 15 is 0 Å². The second-order valence-corrected chi connectivity index (χ2v) is 9.02. The van der Waals surface area contributed by atoms with Crippen molar-refractivity contribution in [3.8, 4) is 11.1 Å². The molecule has 2 amide bonds. The molecule has 1 saturated carbocycles. The summed E-state index contributed by atoms with van der Waals surface area (Å²) in [7, 11) is 1.53. The lowest BCUT2D eigenvalue weighted by Crippen LogP contribution is -2.62. The highest BCUT2D eigenvalue weighted by Crippen LogP contribution is 2.44. The van der Waals surface area contributed by atoms with Crippen molar-refractivity contribution in [3.63, 3.8) is 0 Å². The molecule has 1 heterocycles. The van der Waals surface area contributed by atoms with Crippen LogP contribution in [0.3, 0.4) is 0 Å². The molecule has 3 N–H and O–H groups in total. The van der Waals surface area contributed by atoms with Crippen LogP contribution in [0.1, 0.15) is 52.5 Å². The summed E-state index contributed by atoms with van der Waals surface area (Å²) < 4.78 is 6.87. The molecule has 35 heavy (non-hydrogen) atoms. The van der Waals surface area contributed by atoms with Gasteiger partial charge in [-0.25, -0.2) is 9.59 Å². The number of alkyl carbamates (subject to hydrolysis) is 1. The zero-order valence-electron chi connectivity index (χ0n) is 19.3. The Hall–Kier alpha value is -4.14. The highest BCUT2D eigenvalue weighted by molar-refractivity contribution is 5.91. The van der Waals surface area contributed by atoms with Crippen LogP contribution in [0.4, 0.5) is 4.79 Å². The molecule has 5 rings (SSSR count). The first kappa shape index (κ1) is 22.6. The minimum Gasteiger partial charge on any atom is -0.477 e. The Morgan fingerprint density at radius 1 is 1.09 bits per heavy atom. The van der Waals surface area contributed by atoms with Crippen LogP contribution >= 0.6 is 0 Å². The molecule has 2 aromatic carbocycles. The summed E-state index contributed by atoms with van der Waals surface area (Å²) in [4.78, 5) is 36.9. The number of ether oxygens (including phenoxy) is 1. The smallest absolute Gasteiger partial charge is 0.408 e. The summed E-state index contributed by atoms with van der Waals surface area (Å²) in [6.45, 7) is 0.234. The molecule has 3 aromatic rings. The predicted molar refractivity (Wildman–Crippen MR) is 127 cm³/mol. The van der Waals surface area contributed by atoms with Gasteiger partial charge in [0.15, 0.2) is 0 Å². The van der Waals surface area contributed by atoms with Gasteiger partial charge < -0.3 is 20.5 Å². The fourth-order valence-electron chi connectivity index (χ4n) is 4.92. The number of hydrogen-bond donors (Lipinski definition) is 3. The lowest BCUT2D eigenvalue weighted by Gasteiger charge is -2.40. The van der Waals surface area contributed by atoms with E-state index in [1.54, 1.807) is 0 Å². The van der Waals surface area contributed by atoms with Crippen molar-refractivity contribution in [1.82, 2.24) is 20.4 Å². The number of aromatic nitrogens is 2. The van der Waals surface area contributed by atoms with Gasteiger partial charge >= 0.3 is 12.1 Å². The summed E-state index contributed by atoms with van der Waals surface area (Å²) in [5.74, 6) is -1.49. The minimum absolute atomic E-state index is 0.0318. The van der Waals surface area contributed by atoms with E-state index < -0.39 is 17.6 Å². The number of aryl methyl sites for hydroxylation is 1. The van der Waals surface area contributed by atoms with Crippen molar-refractivity contribution in [2.75, 3.05) is 6.61 Å². The van der Waals surface area contributed by atoms with Crippen LogP contribution in [-0.2, 0) is 23.1 Å². The maximum Gasteiger partial charge on any atom is 0.408 e. The van der Waals surface area contributed by atoms with Gasteiger partial charge in [-0.1, -0.05) is 48.5 Å². The highest BCUT2D eigenvalue weighted by atomic mass is 16.5. The molecule has 0 radical (unpaired) electrons. The molecule has 9 heteroatoms. The van der Waals surface area contributed by atoms with E-state index in [1.807, 2.05) is 24.3 Å². The molecule has 1 aromatic heterocycles. The number of carboxylic acid groups (broad SMARTS) is 1. The van der Waals surface area contributed by atoms with Crippen molar-refractivity contribution in [1.29, 1.82) is 0 Å². The van der Waals surface area contributed by atoms with Gasteiger partial charge in [-0.15, -0.1) is 0 Å². The zero-order valence-corrected chi connectivity index (χ0v) is 19.3. The lowest BCUT2D eigenvalue weighted by atomic mass is 9.76. The van der Waals surface area contributed by atoms with E-state index in [-0.39, 0.29) is 30.7 Å². The number of hydrogen-bond acceptors (Lipinski definition) is 5. The number of nitrogens with one attached hydrogen (secondary N) is 2. The maximum atomic E-state index is 12.9. The summed E-state index contributed by atoms with van der Waals surface area (Å²) in [6.07, 6.45) is 1.19. The van der Waals surface area contributed by atoms with Gasteiger partial charge in [0.1, 0.15) is 17.8 Å². The molecule has 0 spiro atoms. The van der Waals surface area contributed by atoms with Crippen LogP contribution in [0.25, 0.3) is 11.1 Å². The van der Waals surface area contributed by atoms with Gasteiger partial charge in [0.2, 0.25) is 5.91 Å². The molecule has 2 aliphatic rings. The first-order chi connectivity index (χ1) is 16.9. The number of nitrogens with zero attached hydrogens (tertiary/aromatic N) is 2. The van der Waals surface area contributed by atoms with Gasteiger partial charge in [-0.2, -0.15) is 5.10 Å². The highest BCUT2D eigenvalue weighted by Gasteiger charge is 2.46. The summed E-state index contributed by atoms with van der Waals surface area (Å²) >= 11 is 0. The zero-order chi connectivity index (χ0) is 24.6. The van der Waals surface area contributed by atoms with E-state index in [9.17, 15) is 14.4 Å². The number of rotatable bonds is 7. The minimum atomic E-state index is -1.09. The van der Waals surface area contributed by atoms with E-state index in [1.165, 1.54) is 17.8 Å². The number of amides is 2. The van der Waals surface area contributed by atoms with Gasteiger partial charge in [-0.3, -0.25) is 9.48 Å². The molecule has 180 valence electrons. The monoisotopic (exact) mass is 474 g/mol. The lowest BCUT2D eigenvalue weighted by molar-refractivity contribution is -0.131. The quantitative estimate of drug-likeness (QED) is 0.483. The van der Waals surface area contributed by atoms with E-state index in [0.29, 0.717) is 18.5 Å². The number of carboxylic acids is 1. The van der Waals surface area contributed by atoms with E-state index in [4.69, 9.17) is 9.84 Å². The van der Waals surface area contributed by atoms with Crippen molar-refractivity contribution in [2.24, 2.45) is 7.05 Å². The van der Waals surface area contributed by atoms with Gasteiger partial charge in [-0.05, 0) is 47.6 Å². The number of fused-ring (bicyclic) bond motifs is 3. The van der Waals surface area contributed by atoms with Crippen molar-refractivity contribution >= 4 is 18.0 Å². The number of carbonyl (C=O) groups is 3. The Bertz CT molecular complexity index is 1270. The molecule has 9 nitrogen and oxygen atoms in total. The van der Waals surface area contributed by atoms with Crippen molar-refractivity contribution < 1.29 is 24.2 Å². The van der Waals surface area contributed by atoms with Crippen LogP contribution in [0.2, 0.25) is 0 Å². The normalized spacial score (nSPS) is 15.5. The SMILES string of the molecule is Cn1nc(CNC(=O)C2(NC(=O)OCC3c4ccccc4-c4ccccc43)CCC2)cc1C(=O)O. The first-order valence-corrected chi connectivity index (χ1v) is 11.6.